The topological polar surface area (TPSA) is 113 Å². The number of aromatic nitrogens is 2. The van der Waals surface area contributed by atoms with Crippen molar-refractivity contribution < 1.29 is 44.3 Å². The lowest BCUT2D eigenvalue weighted by Gasteiger charge is -2.26. The van der Waals surface area contributed by atoms with Crippen LogP contribution in [0.2, 0.25) is 0 Å². The minimum absolute atomic E-state index is 0.0177. The molecule has 2 heterocycles. The van der Waals surface area contributed by atoms with Crippen molar-refractivity contribution in [3.05, 3.63) is 132 Å². The summed E-state index contributed by atoms with van der Waals surface area (Å²) in [5.74, 6) is -2.39. The van der Waals surface area contributed by atoms with E-state index in [1.807, 2.05) is 0 Å². The van der Waals surface area contributed by atoms with Gasteiger partial charge in [0.2, 0.25) is 10.0 Å². The highest BCUT2D eigenvalue weighted by Crippen LogP contribution is 2.33. The van der Waals surface area contributed by atoms with Gasteiger partial charge in [0.1, 0.15) is 11.3 Å². The Bertz CT molecular complexity index is 2240. The van der Waals surface area contributed by atoms with Crippen LogP contribution in [0.4, 0.5) is 37.7 Å². The van der Waals surface area contributed by atoms with Crippen LogP contribution < -0.4 is 10.6 Å². The van der Waals surface area contributed by atoms with E-state index in [4.69, 9.17) is 0 Å². The summed E-state index contributed by atoms with van der Waals surface area (Å²) in [5, 5.41) is 9.21. The summed E-state index contributed by atoms with van der Waals surface area (Å²) >= 11 is 0. The molecule has 54 heavy (non-hydrogen) atoms. The molecule has 16 heteroatoms. The Kier molecular flexibility index (Phi) is 10.8. The third-order valence-electron chi connectivity index (χ3n) is 8.51. The molecule has 1 aromatic heterocycles. The fourth-order valence-corrected chi connectivity index (χ4v) is 7.39. The molecule has 0 aliphatic carbocycles. The number of alkyl halides is 6. The Labute approximate surface area is 306 Å². The maximum Gasteiger partial charge on any atom is 0.416 e. The average Bonchev–Trinajstić information content (AvgIpc) is 3.58. The van der Waals surface area contributed by atoms with Crippen molar-refractivity contribution in [3.63, 3.8) is 0 Å². The maximum absolute atomic E-state index is 13.8. The van der Waals surface area contributed by atoms with Gasteiger partial charge in [-0.1, -0.05) is 48.9 Å². The number of nitrogens with one attached hydrogen (secondary N) is 2. The van der Waals surface area contributed by atoms with Crippen LogP contribution in [0.25, 0.3) is 23.0 Å². The van der Waals surface area contributed by atoms with Crippen LogP contribution in [0.5, 0.6) is 0 Å². The molecule has 0 bridgehead atoms. The standard InChI is InChI=1S/C38H31F6N5O4S/c39-37(40,41)27-11-8-13-29(22-27)45-35(50)33(36(51)46-30-14-9-12-28(23-30)38(42,43)44)21-26-24-49(31-15-3-1-4-16-31)47-34(26)25-10-7-17-32(20-25)54(52,53)48-18-5-2-6-19-48/h1,3-4,7-17,20-24H,2,5-6,18-19H2,(H,45,50)(H,46,51). The van der Waals surface area contributed by atoms with Crippen molar-refractivity contribution >= 4 is 39.3 Å². The number of para-hydroxylation sites is 1. The number of piperidine rings is 1. The molecule has 4 aromatic carbocycles. The second-order valence-corrected chi connectivity index (χ2v) is 14.3. The van der Waals surface area contributed by atoms with Gasteiger partial charge in [-0.3, -0.25) is 9.59 Å². The minimum atomic E-state index is -4.75. The normalized spacial score (nSPS) is 14.0. The number of benzene rings is 4. The molecule has 1 aliphatic heterocycles. The van der Waals surface area contributed by atoms with Gasteiger partial charge in [-0.05, 0) is 79.6 Å². The number of hydrogen-bond acceptors (Lipinski definition) is 5. The quantitative estimate of drug-likeness (QED) is 0.0677. The lowest BCUT2D eigenvalue weighted by atomic mass is 10.0. The van der Waals surface area contributed by atoms with E-state index < -0.39 is 50.9 Å². The predicted octanol–water partition coefficient (Wildman–Crippen LogP) is 8.41. The largest absolute Gasteiger partial charge is 0.416 e. The van der Waals surface area contributed by atoms with Crippen LogP contribution in [-0.4, -0.2) is 47.4 Å². The summed E-state index contributed by atoms with van der Waals surface area (Å²) in [4.78, 5) is 27.6. The molecule has 0 atom stereocenters. The van der Waals surface area contributed by atoms with Crippen molar-refractivity contribution in [1.29, 1.82) is 0 Å². The highest BCUT2D eigenvalue weighted by Gasteiger charge is 2.32. The van der Waals surface area contributed by atoms with Gasteiger partial charge in [0.25, 0.3) is 11.8 Å². The molecule has 2 N–H and O–H groups in total. The van der Waals surface area contributed by atoms with Crippen LogP contribution in [-0.2, 0) is 32.0 Å². The summed E-state index contributed by atoms with van der Waals surface area (Å²) < 4.78 is 111. The van der Waals surface area contributed by atoms with Crippen LogP contribution in [0, 0.1) is 0 Å². The van der Waals surface area contributed by atoms with E-state index >= 15 is 0 Å². The van der Waals surface area contributed by atoms with Crippen molar-refractivity contribution in [2.24, 2.45) is 0 Å². The Hall–Kier alpha value is -5.74. The Morgan fingerprint density at radius 2 is 1.24 bits per heavy atom. The fraction of sp³-hybridized carbons (Fsp3) is 0.184. The average molecular weight is 768 g/mol. The first-order chi connectivity index (χ1) is 25.6. The van der Waals surface area contributed by atoms with E-state index in [0.717, 1.165) is 36.8 Å². The molecule has 0 spiro atoms. The first-order valence-electron chi connectivity index (χ1n) is 16.5. The van der Waals surface area contributed by atoms with Crippen LogP contribution >= 0.6 is 0 Å². The van der Waals surface area contributed by atoms with Gasteiger partial charge >= 0.3 is 12.4 Å². The van der Waals surface area contributed by atoms with E-state index in [0.29, 0.717) is 43.8 Å². The van der Waals surface area contributed by atoms with Gasteiger partial charge in [0.05, 0.1) is 21.7 Å². The predicted molar refractivity (Wildman–Crippen MR) is 190 cm³/mol. The number of nitrogens with zero attached hydrogens (tertiary/aromatic N) is 3. The zero-order valence-electron chi connectivity index (χ0n) is 28.2. The molecule has 1 saturated heterocycles. The molecule has 280 valence electrons. The molecular formula is C38H31F6N5O4S. The van der Waals surface area contributed by atoms with Gasteiger partial charge in [-0.15, -0.1) is 0 Å². The number of rotatable bonds is 9. The van der Waals surface area contributed by atoms with Crippen molar-refractivity contribution in [2.75, 3.05) is 23.7 Å². The lowest BCUT2D eigenvalue weighted by molar-refractivity contribution is -0.138. The van der Waals surface area contributed by atoms with E-state index in [1.165, 1.54) is 45.5 Å². The van der Waals surface area contributed by atoms with Gasteiger partial charge in [-0.25, -0.2) is 13.1 Å². The summed E-state index contributed by atoms with van der Waals surface area (Å²) in [6.07, 6.45) is -4.64. The Morgan fingerprint density at radius 1 is 0.685 bits per heavy atom. The maximum atomic E-state index is 13.8. The number of anilines is 2. The number of sulfonamides is 1. The van der Waals surface area contributed by atoms with Crippen LogP contribution in [0.15, 0.2) is 120 Å². The summed E-state index contributed by atoms with van der Waals surface area (Å²) in [5.41, 5.74) is -2.47. The smallest absolute Gasteiger partial charge is 0.322 e. The highest BCUT2D eigenvalue weighted by atomic mass is 32.2. The van der Waals surface area contributed by atoms with E-state index in [-0.39, 0.29) is 33.1 Å². The summed E-state index contributed by atoms with van der Waals surface area (Å²) in [6, 6.07) is 21.9. The van der Waals surface area contributed by atoms with Crippen LogP contribution in [0.3, 0.4) is 0 Å². The van der Waals surface area contributed by atoms with E-state index in [9.17, 15) is 44.3 Å². The zero-order valence-corrected chi connectivity index (χ0v) is 29.0. The first kappa shape index (κ1) is 38.0. The number of carbonyl (C=O) groups is 2. The van der Waals surface area contributed by atoms with Gasteiger partial charge < -0.3 is 10.6 Å². The van der Waals surface area contributed by atoms with Gasteiger partial charge in [0, 0.05) is 41.8 Å². The third kappa shape index (κ3) is 8.72. The second kappa shape index (κ2) is 15.3. The molecule has 0 saturated carbocycles. The molecule has 1 aliphatic rings. The highest BCUT2D eigenvalue weighted by molar-refractivity contribution is 7.89. The zero-order chi connectivity index (χ0) is 38.7. The molecule has 1 fully saturated rings. The number of carbonyl (C=O) groups excluding carboxylic acids is 2. The fourth-order valence-electron chi connectivity index (χ4n) is 5.82. The molecule has 6 rings (SSSR count). The van der Waals surface area contributed by atoms with Crippen molar-refractivity contribution in [2.45, 2.75) is 36.5 Å². The lowest BCUT2D eigenvalue weighted by Crippen LogP contribution is -2.35. The molecule has 2 amide bonds. The molecule has 0 unspecified atom stereocenters. The minimum Gasteiger partial charge on any atom is -0.322 e. The van der Waals surface area contributed by atoms with Crippen LogP contribution in [0.1, 0.15) is 36.0 Å². The number of amides is 2. The van der Waals surface area contributed by atoms with E-state index in [2.05, 4.69) is 15.7 Å². The first-order valence-corrected chi connectivity index (χ1v) is 18.0. The molecular weight excluding hydrogens is 737 g/mol. The Morgan fingerprint density at radius 3 is 1.80 bits per heavy atom. The van der Waals surface area contributed by atoms with Crippen molar-refractivity contribution in [3.8, 4) is 16.9 Å². The number of halogens is 6. The summed E-state index contributed by atoms with van der Waals surface area (Å²) in [6.45, 7) is 0.711. The number of hydrogen-bond donors (Lipinski definition) is 2. The molecule has 0 radical (unpaired) electrons. The molecule has 9 nitrogen and oxygen atoms in total. The molecule has 5 aromatic rings. The second-order valence-electron chi connectivity index (χ2n) is 12.3. The van der Waals surface area contributed by atoms with E-state index in [1.54, 1.807) is 36.4 Å². The Balaban J connectivity index is 1.47. The van der Waals surface area contributed by atoms with Gasteiger partial charge in [0.15, 0.2) is 0 Å². The van der Waals surface area contributed by atoms with Crippen molar-refractivity contribution in [1.82, 2.24) is 14.1 Å². The monoisotopic (exact) mass is 767 g/mol. The summed E-state index contributed by atoms with van der Waals surface area (Å²) in [7, 11) is -3.90. The SMILES string of the molecule is O=C(Nc1cccc(C(F)(F)F)c1)C(=Cc1cn(-c2ccccc2)nc1-c1cccc(S(=O)(=O)N2CCCCC2)c1)C(=O)Nc1cccc(C(F)(F)F)c1. The van der Waals surface area contributed by atoms with Gasteiger partial charge in [-0.2, -0.15) is 35.7 Å². The third-order valence-corrected chi connectivity index (χ3v) is 10.4.